The molecule has 0 unspecified atom stereocenters. The second kappa shape index (κ2) is 8.11. The summed E-state index contributed by atoms with van der Waals surface area (Å²) < 4.78 is 0. The summed E-state index contributed by atoms with van der Waals surface area (Å²) in [5.74, 6) is -0.920. The minimum Gasteiger partial charge on any atom is -0.477 e. The van der Waals surface area contributed by atoms with Crippen LogP contribution in [0.5, 0.6) is 0 Å². The van der Waals surface area contributed by atoms with Gasteiger partial charge in [0.05, 0.1) is 11.1 Å². The van der Waals surface area contributed by atoms with Crippen molar-refractivity contribution in [2.24, 2.45) is 0 Å². The van der Waals surface area contributed by atoms with Crippen molar-refractivity contribution in [1.29, 1.82) is 0 Å². The number of rotatable bonds is 1. The molecule has 1 aromatic heterocycles. The molecule has 5 heteroatoms. The van der Waals surface area contributed by atoms with Gasteiger partial charge in [0, 0.05) is 0 Å². The van der Waals surface area contributed by atoms with Crippen molar-refractivity contribution in [2.75, 3.05) is 5.73 Å². The highest BCUT2D eigenvalue weighted by Gasteiger charge is 2.06. The van der Waals surface area contributed by atoms with Crippen molar-refractivity contribution in [3.05, 3.63) is 17.0 Å². The fourth-order valence-electron chi connectivity index (χ4n) is 1.90. The van der Waals surface area contributed by atoms with Crippen LogP contribution in [0.2, 0.25) is 0 Å². The van der Waals surface area contributed by atoms with Crippen LogP contribution in [0.3, 0.4) is 0 Å². The monoisotopic (exact) mass is 271 g/mol. The van der Waals surface area contributed by atoms with E-state index in [1.807, 2.05) is 0 Å². The highest BCUT2D eigenvalue weighted by atomic mass is 32.1. The minimum absolute atomic E-state index is 0.0188. The van der Waals surface area contributed by atoms with Gasteiger partial charge in [-0.2, -0.15) is 0 Å². The number of aromatic carboxylic acids is 1. The molecule has 0 aliphatic heterocycles. The summed E-state index contributed by atoms with van der Waals surface area (Å²) in [4.78, 5) is 10.5. The van der Waals surface area contributed by atoms with Gasteiger partial charge >= 0.3 is 5.97 Å². The van der Waals surface area contributed by atoms with Gasteiger partial charge in [0.2, 0.25) is 0 Å². The van der Waals surface area contributed by atoms with Crippen molar-refractivity contribution in [3.63, 3.8) is 0 Å². The Balaban J connectivity index is 0.000000180. The number of hydrogen-bond donors (Lipinski definition) is 3. The summed E-state index contributed by atoms with van der Waals surface area (Å²) in [7, 11) is 0. The number of anilines is 1. The van der Waals surface area contributed by atoms with E-state index in [2.05, 4.69) is 0 Å². The Morgan fingerprint density at radius 2 is 1.72 bits per heavy atom. The van der Waals surface area contributed by atoms with Crippen LogP contribution >= 0.6 is 11.3 Å². The van der Waals surface area contributed by atoms with E-state index in [0.717, 1.165) is 24.2 Å². The van der Waals surface area contributed by atoms with E-state index in [1.54, 1.807) is 6.07 Å². The smallest absolute Gasteiger partial charge is 0.345 e. The maximum atomic E-state index is 10.2. The summed E-state index contributed by atoms with van der Waals surface area (Å²) >= 11 is 1.07. The van der Waals surface area contributed by atoms with E-state index < -0.39 is 5.97 Å². The summed E-state index contributed by atoms with van der Waals surface area (Å²) in [6.07, 6.45) is 8.62. The van der Waals surface area contributed by atoms with E-state index >= 15 is 0 Å². The molecule has 0 saturated heterocycles. The third kappa shape index (κ3) is 6.02. The SMILES string of the molecule is Nc1ccc(C(=O)O)s1.OC1CCCCCCC1. The van der Waals surface area contributed by atoms with Crippen molar-refractivity contribution in [3.8, 4) is 0 Å². The lowest BCUT2D eigenvalue weighted by molar-refractivity contribution is 0.0702. The predicted molar refractivity (Wildman–Crippen MR) is 74.0 cm³/mol. The van der Waals surface area contributed by atoms with Gasteiger partial charge in [0.1, 0.15) is 4.88 Å². The van der Waals surface area contributed by atoms with Gasteiger partial charge in [-0.3, -0.25) is 0 Å². The second-order valence-electron chi connectivity index (χ2n) is 4.51. The average molecular weight is 271 g/mol. The number of hydrogen-bond acceptors (Lipinski definition) is 4. The molecule has 0 bridgehead atoms. The van der Waals surface area contributed by atoms with Gasteiger partial charge in [-0.15, -0.1) is 11.3 Å². The molecule has 4 N–H and O–H groups in total. The van der Waals surface area contributed by atoms with Crippen LogP contribution in [0.15, 0.2) is 12.1 Å². The lowest BCUT2D eigenvalue weighted by Gasteiger charge is -2.13. The normalized spacial score (nSPS) is 17.2. The standard InChI is InChI=1S/C8H16O.C5H5NO2S/c9-8-6-4-2-1-3-5-7-8;6-4-2-1-3(9-4)5(7)8/h8-9H,1-7H2;1-2H,6H2,(H,7,8). The van der Waals surface area contributed by atoms with Gasteiger partial charge in [0.15, 0.2) is 0 Å². The third-order valence-corrected chi connectivity index (χ3v) is 3.81. The fourth-order valence-corrected chi connectivity index (χ4v) is 2.52. The molecule has 4 nitrogen and oxygen atoms in total. The second-order valence-corrected chi connectivity index (χ2v) is 5.62. The Kier molecular flexibility index (Phi) is 6.75. The first kappa shape index (κ1) is 15.0. The number of carbonyl (C=O) groups is 1. The van der Waals surface area contributed by atoms with E-state index in [0.29, 0.717) is 5.00 Å². The number of aliphatic hydroxyl groups excluding tert-OH is 1. The van der Waals surface area contributed by atoms with E-state index in [-0.39, 0.29) is 11.0 Å². The molecule has 1 fully saturated rings. The van der Waals surface area contributed by atoms with Crippen LogP contribution in [0, 0.1) is 0 Å². The van der Waals surface area contributed by atoms with Crippen LogP contribution in [0.4, 0.5) is 5.00 Å². The first-order chi connectivity index (χ1) is 8.59. The molecule has 18 heavy (non-hydrogen) atoms. The highest BCUT2D eigenvalue weighted by molar-refractivity contribution is 7.17. The summed E-state index contributed by atoms with van der Waals surface area (Å²) in [6, 6.07) is 3.07. The van der Waals surface area contributed by atoms with Gasteiger partial charge < -0.3 is 15.9 Å². The van der Waals surface area contributed by atoms with Gasteiger partial charge in [-0.1, -0.05) is 32.1 Å². The lowest BCUT2D eigenvalue weighted by Crippen LogP contribution is -2.07. The van der Waals surface area contributed by atoms with Gasteiger partial charge in [-0.05, 0) is 25.0 Å². The number of aliphatic hydroxyl groups is 1. The number of carboxylic acids is 1. The fraction of sp³-hybridized carbons (Fsp3) is 0.615. The molecule has 1 heterocycles. The number of carboxylic acid groups (broad SMARTS) is 1. The molecule has 1 aliphatic carbocycles. The Bertz CT molecular complexity index is 357. The van der Waals surface area contributed by atoms with Gasteiger partial charge in [0.25, 0.3) is 0 Å². The molecule has 1 aromatic rings. The van der Waals surface area contributed by atoms with Crippen LogP contribution < -0.4 is 5.73 Å². The van der Waals surface area contributed by atoms with Crippen LogP contribution in [-0.4, -0.2) is 22.3 Å². The molecule has 102 valence electrons. The first-order valence-electron chi connectivity index (χ1n) is 6.36. The topological polar surface area (TPSA) is 83.6 Å². The molecule has 1 aliphatic rings. The zero-order valence-corrected chi connectivity index (χ0v) is 11.3. The zero-order valence-electron chi connectivity index (χ0n) is 10.5. The Hall–Kier alpha value is -1.07. The molecule has 0 atom stereocenters. The predicted octanol–water partition coefficient (Wildman–Crippen LogP) is 3.12. The highest BCUT2D eigenvalue weighted by Crippen LogP contribution is 2.17. The molecule has 0 aromatic carbocycles. The van der Waals surface area contributed by atoms with Crippen LogP contribution in [0.1, 0.15) is 54.6 Å². The lowest BCUT2D eigenvalue weighted by atomic mass is 9.99. The number of nitrogen functional groups attached to an aromatic ring is 1. The first-order valence-corrected chi connectivity index (χ1v) is 7.18. The van der Waals surface area contributed by atoms with E-state index in [9.17, 15) is 9.90 Å². The molecular formula is C13H21NO3S. The molecular weight excluding hydrogens is 250 g/mol. The van der Waals surface area contributed by atoms with Gasteiger partial charge in [-0.25, -0.2) is 4.79 Å². The van der Waals surface area contributed by atoms with Crippen molar-refractivity contribution < 1.29 is 15.0 Å². The van der Waals surface area contributed by atoms with Crippen LogP contribution in [-0.2, 0) is 0 Å². The van der Waals surface area contributed by atoms with Crippen molar-refractivity contribution >= 4 is 22.3 Å². The molecule has 0 radical (unpaired) electrons. The molecule has 2 rings (SSSR count). The molecule has 0 spiro atoms. The summed E-state index contributed by atoms with van der Waals surface area (Å²) in [6.45, 7) is 0. The van der Waals surface area contributed by atoms with E-state index in [4.69, 9.17) is 10.8 Å². The quantitative estimate of drug-likeness (QED) is 0.732. The maximum absolute atomic E-state index is 10.2. The maximum Gasteiger partial charge on any atom is 0.345 e. The Morgan fingerprint density at radius 3 is 2.11 bits per heavy atom. The van der Waals surface area contributed by atoms with E-state index in [1.165, 1.54) is 38.2 Å². The number of nitrogens with two attached hydrogens (primary N) is 1. The number of thiophene rings is 1. The van der Waals surface area contributed by atoms with Crippen LogP contribution in [0.25, 0.3) is 0 Å². The van der Waals surface area contributed by atoms with Crippen molar-refractivity contribution in [1.82, 2.24) is 0 Å². The minimum atomic E-state index is -0.920. The molecule has 0 amide bonds. The van der Waals surface area contributed by atoms with Crippen molar-refractivity contribution in [2.45, 2.75) is 51.0 Å². The summed E-state index contributed by atoms with van der Waals surface area (Å²) in [5.41, 5.74) is 5.27. The largest absolute Gasteiger partial charge is 0.477 e. The average Bonchev–Trinajstić information content (AvgIpc) is 2.72. The summed E-state index contributed by atoms with van der Waals surface area (Å²) in [5, 5.41) is 18.1. The molecule has 1 saturated carbocycles. The zero-order chi connectivity index (χ0) is 13.4. The Labute approximate surface area is 111 Å². The Morgan fingerprint density at radius 1 is 1.17 bits per heavy atom. The third-order valence-electron chi connectivity index (χ3n) is 2.91.